The Morgan fingerprint density at radius 3 is 2.20 bits per heavy atom. The smallest absolute Gasteiger partial charge is 0.243 e. The maximum atomic E-state index is 14.2. The van der Waals surface area contributed by atoms with Gasteiger partial charge in [-0.15, -0.1) is 0 Å². The summed E-state index contributed by atoms with van der Waals surface area (Å²) in [5.41, 5.74) is 24.0. The molecule has 0 aliphatic carbocycles. The standard InChI is InChI=1S/C37H49N9O4/c38-36(39)42-20-6-11-29-25-45(34(49)24-28-10-5-9-27-8-1-2-12-31(27)28)22-3-4-23-46(32(35(50)44-29)13-7-21-43-37(40)41)33(48)19-16-26-14-17-30(47)18-15-26/h1-5,8-10,12,14-15,17-18,29,32,47H,6-7,11,13,16,19-25H2,(H,44,50)(H4,38,39,42)(H4,40,41,43). The summed E-state index contributed by atoms with van der Waals surface area (Å²) in [6.45, 7) is 1.40. The molecule has 13 nitrogen and oxygen atoms in total. The van der Waals surface area contributed by atoms with Gasteiger partial charge in [0.15, 0.2) is 11.9 Å². The van der Waals surface area contributed by atoms with E-state index in [1.54, 1.807) is 34.1 Å². The lowest BCUT2D eigenvalue weighted by Gasteiger charge is -2.32. The number of nitrogens with one attached hydrogen (secondary N) is 1. The zero-order valence-corrected chi connectivity index (χ0v) is 28.4. The molecule has 1 aliphatic heterocycles. The first-order valence-corrected chi connectivity index (χ1v) is 17.0. The Morgan fingerprint density at radius 1 is 0.820 bits per heavy atom. The predicted molar refractivity (Wildman–Crippen MR) is 197 cm³/mol. The third kappa shape index (κ3) is 11.5. The highest BCUT2D eigenvalue weighted by Crippen LogP contribution is 2.21. The molecule has 0 fully saturated rings. The Bertz CT molecular complexity index is 1680. The number of aromatic hydroxyl groups is 1. The minimum Gasteiger partial charge on any atom is -0.508 e. The number of fused-ring (bicyclic) bond motifs is 1. The molecule has 1 heterocycles. The summed E-state index contributed by atoms with van der Waals surface area (Å²) in [5.74, 6) is -0.517. The molecule has 3 amide bonds. The van der Waals surface area contributed by atoms with Crippen molar-refractivity contribution in [2.75, 3.05) is 32.7 Å². The average molecular weight is 684 g/mol. The van der Waals surface area contributed by atoms with Crippen LogP contribution in [0.5, 0.6) is 5.75 Å². The highest BCUT2D eigenvalue weighted by atomic mass is 16.3. The Kier molecular flexibility index (Phi) is 14.0. The van der Waals surface area contributed by atoms with E-state index in [2.05, 4.69) is 15.3 Å². The second-order valence-electron chi connectivity index (χ2n) is 12.4. The molecule has 3 aromatic carbocycles. The number of rotatable bonds is 13. The zero-order chi connectivity index (χ0) is 35.9. The summed E-state index contributed by atoms with van der Waals surface area (Å²) in [6, 6.07) is 19.4. The largest absolute Gasteiger partial charge is 0.508 e. The first-order chi connectivity index (χ1) is 24.1. The van der Waals surface area contributed by atoms with Crippen molar-refractivity contribution in [3.8, 4) is 5.75 Å². The highest BCUT2D eigenvalue weighted by Gasteiger charge is 2.31. The first-order valence-electron chi connectivity index (χ1n) is 17.0. The summed E-state index contributed by atoms with van der Waals surface area (Å²) >= 11 is 0. The Labute approximate surface area is 293 Å². The van der Waals surface area contributed by atoms with Crippen molar-refractivity contribution in [2.24, 2.45) is 32.9 Å². The van der Waals surface area contributed by atoms with Gasteiger partial charge in [0.2, 0.25) is 17.7 Å². The summed E-state index contributed by atoms with van der Waals surface area (Å²) in [6.07, 6.45) is 6.36. The van der Waals surface area contributed by atoms with Gasteiger partial charge in [-0.1, -0.05) is 66.7 Å². The molecule has 0 saturated heterocycles. The summed E-state index contributed by atoms with van der Waals surface area (Å²) in [7, 11) is 0. The second kappa shape index (κ2) is 18.8. The van der Waals surface area contributed by atoms with E-state index in [0.29, 0.717) is 51.7 Å². The van der Waals surface area contributed by atoms with Crippen molar-refractivity contribution in [1.29, 1.82) is 0 Å². The van der Waals surface area contributed by atoms with Crippen LogP contribution in [0.4, 0.5) is 0 Å². The van der Waals surface area contributed by atoms with E-state index in [1.165, 1.54) is 0 Å². The Morgan fingerprint density at radius 2 is 1.48 bits per heavy atom. The third-order valence-electron chi connectivity index (χ3n) is 8.65. The molecule has 3 aromatic rings. The highest BCUT2D eigenvalue weighted by molar-refractivity contribution is 5.91. The molecule has 0 radical (unpaired) electrons. The molecule has 0 bridgehead atoms. The van der Waals surface area contributed by atoms with E-state index in [1.807, 2.05) is 54.6 Å². The maximum absolute atomic E-state index is 14.2. The van der Waals surface area contributed by atoms with Gasteiger partial charge in [-0.05, 0) is 66.1 Å². The number of phenols is 1. The van der Waals surface area contributed by atoms with Gasteiger partial charge in [0.1, 0.15) is 11.8 Å². The molecule has 13 heteroatoms. The molecule has 10 N–H and O–H groups in total. The number of guanidine groups is 2. The van der Waals surface area contributed by atoms with Crippen LogP contribution in [0.15, 0.2) is 88.9 Å². The van der Waals surface area contributed by atoms with Gasteiger partial charge >= 0.3 is 0 Å². The van der Waals surface area contributed by atoms with Gasteiger partial charge in [-0.3, -0.25) is 24.4 Å². The zero-order valence-electron chi connectivity index (χ0n) is 28.4. The van der Waals surface area contributed by atoms with Crippen LogP contribution in [0.1, 0.15) is 43.2 Å². The molecule has 0 saturated carbocycles. The fourth-order valence-electron chi connectivity index (χ4n) is 6.09. The number of hydrogen-bond acceptors (Lipinski definition) is 6. The molecule has 0 aromatic heterocycles. The number of nitrogens with two attached hydrogens (primary N) is 4. The molecule has 50 heavy (non-hydrogen) atoms. The van der Waals surface area contributed by atoms with Crippen molar-refractivity contribution >= 4 is 40.4 Å². The lowest BCUT2D eigenvalue weighted by Crippen LogP contribution is -2.54. The number of hydrogen-bond donors (Lipinski definition) is 6. The van der Waals surface area contributed by atoms with Crippen LogP contribution in [-0.2, 0) is 27.2 Å². The van der Waals surface area contributed by atoms with Crippen LogP contribution in [0.25, 0.3) is 10.8 Å². The monoisotopic (exact) mass is 683 g/mol. The van der Waals surface area contributed by atoms with E-state index in [-0.39, 0.29) is 61.3 Å². The van der Waals surface area contributed by atoms with Gasteiger partial charge in [0.05, 0.1) is 6.42 Å². The minimum atomic E-state index is -0.806. The maximum Gasteiger partial charge on any atom is 0.243 e. The Balaban J connectivity index is 1.60. The molecule has 0 spiro atoms. The minimum absolute atomic E-state index is 0.0178. The van der Waals surface area contributed by atoms with Gasteiger partial charge in [0, 0.05) is 45.2 Å². The summed E-state index contributed by atoms with van der Waals surface area (Å²) < 4.78 is 0. The van der Waals surface area contributed by atoms with E-state index < -0.39 is 12.1 Å². The SMILES string of the molecule is NC(N)=NCCCC1CN(C(=O)Cc2cccc3ccccc23)CC=CCN(C(=O)CCc2ccc(O)cc2)C(CCCN=C(N)N)C(=O)N1. The molecule has 2 atom stereocenters. The fraction of sp³-hybridized carbons (Fsp3) is 0.378. The molecule has 2 unspecified atom stereocenters. The van der Waals surface area contributed by atoms with Crippen molar-refractivity contribution in [2.45, 2.75) is 57.0 Å². The molecule has 266 valence electrons. The number of aliphatic imine (C=N–C) groups is 2. The number of phenolic OH excluding ortho intramolecular Hbond substituents is 1. The Hall–Kier alpha value is -5.59. The average Bonchev–Trinajstić information content (AvgIpc) is 3.12. The summed E-state index contributed by atoms with van der Waals surface area (Å²) in [5, 5.41) is 14.9. The molecular weight excluding hydrogens is 634 g/mol. The van der Waals surface area contributed by atoms with Crippen molar-refractivity contribution in [1.82, 2.24) is 15.1 Å². The van der Waals surface area contributed by atoms with E-state index in [0.717, 1.165) is 21.9 Å². The van der Waals surface area contributed by atoms with E-state index in [9.17, 15) is 19.5 Å². The van der Waals surface area contributed by atoms with Crippen LogP contribution >= 0.6 is 0 Å². The van der Waals surface area contributed by atoms with E-state index >= 15 is 0 Å². The number of carbonyl (C=O) groups excluding carboxylic acids is 3. The van der Waals surface area contributed by atoms with Crippen LogP contribution in [-0.4, -0.2) is 89.4 Å². The predicted octanol–water partition coefficient (Wildman–Crippen LogP) is 1.91. The van der Waals surface area contributed by atoms with Crippen LogP contribution < -0.4 is 28.3 Å². The van der Waals surface area contributed by atoms with Crippen LogP contribution in [0.3, 0.4) is 0 Å². The van der Waals surface area contributed by atoms with Crippen molar-refractivity contribution in [3.05, 3.63) is 90.0 Å². The quantitative estimate of drug-likeness (QED) is 0.0675. The van der Waals surface area contributed by atoms with Gasteiger partial charge in [-0.2, -0.15) is 0 Å². The fourth-order valence-corrected chi connectivity index (χ4v) is 6.09. The van der Waals surface area contributed by atoms with Crippen LogP contribution in [0.2, 0.25) is 0 Å². The third-order valence-corrected chi connectivity index (χ3v) is 8.65. The van der Waals surface area contributed by atoms with Gasteiger partial charge in [0.25, 0.3) is 0 Å². The van der Waals surface area contributed by atoms with Gasteiger partial charge < -0.3 is 43.2 Å². The molecule has 4 rings (SSSR count). The number of benzene rings is 3. The number of nitrogens with zero attached hydrogens (tertiary/aromatic N) is 4. The molecular formula is C37H49N9O4. The second-order valence-corrected chi connectivity index (χ2v) is 12.4. The topological polar surface area (TPSA) is 219 Å². The number of aryl methyl sites for hydroxylation is 1. The normalized spacial score (nSPS) is 16.7. The number of amides is 3. The summed E-state index contributed by atoms with van der Waals surface area (Å²) in [4.78, 5) is 53.4. The lowest BCUT2D eigenvalue weighted by atomic mass is 10.0. The molecule has 1 aliphatic rings. The van der Waals surface area contributed by atoms with Gasteiger partial charge in [-0.25, -0.2) is 0 Å². The van der Waals surface area contributed by atoms with Crippen molar-refractivity contribution < 1.29 is 19.5 Å². The van der Waals surface area contributed by atoms with Crippen molar-refractivity contribution in [3.63, 3.8) is 0 Å². The first kappa shape index (κ1) is 37.2. The van der Waals surface area contributed by atoms with Crippen LogP contribution in [0, 0.1) is 0 Å². The van der Waals surface area contributed by atoms with E-state index in [4.69, 9.17) is 22.9 Å². The number of carbonyl (C=O) groups is 3. The lowest BCUT2D eigenvalue weighted by molar-refractivity contribution is -0.140.